The highest BCUT2D eigenvalue weighted by atomic mass is 32.2. The molecule has 1 N–H and O–H groups in total. The standard InChI is InChI=1S/C18H12F3N3O4S2/c19-18(20,21)28-13-5-6-14-15(7-13)29-17(23-14)24-16(25)10-30(26,27)9-12-3-1-11(8-22)2-4-12/h1-7H,9-10H2,(H,23,24,25). The molecule has 0 fully saturated rings. The van der Waals surface area contributed by atoms with Crippen LogP contribution in [0.25, 0.3) is 10.2 Å². The van der Waals surface area contributed by atoms with Crippen molar-refractivity contribution in [1.29, 1.82) is 5.26 Å². The molecule has 0 bridgehead atoms. The fourth-order valence-corrected chi connectivity index (χ4v) is 4.68. The van der Waals surface area contributed by atoms with Crippen LogP contribution in [0.2, 0.25) is 0 Å². The van der Waals surface area contributed by atoms with Crippen LogP contribution in [0.15, 0.2) is 42.5 Å². The zero-order valence-electron chi connectivity index (χ0n) is 14.9. The Morgan fingerprint density at radius 1 is 1.20 bits per heavy atom. The number of carbonyl (C=O) groups is 1. The number of nitrogens with one attached hydrogen (secondary N) is 1. The summed E-state index contributed by atoms with van der Waals surface area (Å²) in [5, 5.41) is 11.1. The van der Waals surface area contributed by atoms with E-state index in [4.69, 9.17) is 5.26 Å². The molecule has 0 unspecified atom stereocenters. The Morgan fingerprint density at radius 3 is 2.53 bits per heavy atom. The third kappa shape index (κ3) is 5.91. The van der Waals surface area contributed by atoms with Gasteiger partial charge in [0.25, 0.3) is 0 Å². The average Bonchev–Trinajstić information content (AvgIpc) is 3.01. The first kappa shape index (κ1) is 21.5. The summed E-state index contributed by atoms with van der Waals surface area (Å²) >= 11 is 0.884. The highest BCUT2D eigenvalue weighted by Gasteiger charge is 2.31. The number of sulfone groups is 1. The molecular weight excluding hydrogens is 443 g/mol. The van der Waals surface area contributed by atoms with Crippen LogP contribution in [0.3, 0.4) is 0 Å². The molecule has 2 aromatic carbocycles. The van der Waals surface area contributed by atoms with Crippen molar-refractivity contribution in [2.75, 3.05) is 11.1 Å². The minimum Gasteiger partial charge on any atom is -0.406 e. The SMILES string of the molecule is N#Cc1ccc(CS(=O)(=O)CC(=O)Nc2nc3ccc(OC(F)(F)F)cc3s2)cc1. The van der Waals surface area contributed by atoms with Crippen LogP contribution in [0.4, 0.5) is 18.3 Å². The maximum Gasteiger partial charge on any atom is 0.573 e. The van der Waals surface area contributed by atoms with Crippen molar-refractivity contribution in [3.8, 4) is 11.8 Å². The number of ether oxygens (including phenoxy) is 1. The van der Waals surface area contributed by atoms with Gasteiger partial charge in [0.1, 0.15) is 11.5 Å². The Hall–Kier alpha value is -3.17. The van der Waals surface area contributed by atoms with E-state index >= 15 is 0 Å². The van der Waals surface area contributed by atoms with Gasteiger partial charge in [-0.3, -0.25) is 4.79 Å². The van der Waals surface area contributed by atoms with E-state index in [2.05, 4.69) is 15.0 Å². The number of aromatic nitrogens is 1. The number of benzene rings is 2. The number of anilines is 1. The Labute approximate surface area is 172 Å². The van der Waals surface area contributed by atoms with E-state index in [1.807, 2.05) is 6.07 Å². The normalized spacial score (nSPS) is 11.8. The molecule has 0 radical (unpaired) electrons. The van der Waals surface area contributed by atoms with E-state index in [9.17, 15) is 26.4 Å². The van der Waals surface area contributed by atoms with Crippen molar-refractivity contribution >= 4 is 42.4 Å². The predicted molar refractivity (Wildman–Crippen MR) is 104 cm³/mol. The number of fused-ring (bicyclic) bond motifs is 1. The molecule has 0 aliphatic heterocycles. The van der Waals surface area contributed by atoms with Gasteiger partial charge in [0.2, 0.25) is 5.91 Å². The largest absolute Gasteiger partial charge is 0.573 e. The zero-order valence-corrected chi connectivity index (χ0v) is 16.6. The van der Waals surface area contributed by atoms with E-state index < -0.39 is 33.6 Å². The van der Waals surface area contributed by atoms with Gasteiger partial charge in [0, 0.05) is 6.07 Å². The number of thiazole rings is 1. The summed E-state index contributed by atoms with van der Waals surface area (Å²) in [6.45, 7) is 0. The van der Waals surface area contributed by atoms with Gasteiger partial charge in [-0.15, -0.1) is 13.2 Å². The van der Waals surface area contributed by atoms with Gasteiger partial charge in [-0.1, -0.05) is 23.5 Å². The highest BCUT2D eigenvalue weighted by molar-refractivity contribution is 7.91. The number of carbonyl (C=O) groups excluding carboxylic acids is 1. The molecule has 7 nitrogen and oxygen atoms in total. The molecule has 0 atom stereocenters. The molecule has 1 heterocycles. The third-order valence-electron chi connectivity index (χ3n) is 3.66. The number of nitrogens with zero attached hydrogens (tertiary/aromatic N) is 2. The second-order valence-corrected chi connectivity index (χ2v) is 9.18. The summed E-state index contributed by atoms with van der Waals surface area (Å²) in [5.41, 5.74) is 1.14. The van der Waals surface area contributed by atoms with Crippen molar-refractivity contribution in [2.24, 2.45) is 0 Å². The van der Waals surface area contributed by atoms with Gasteiger partial charge in [-0.25, -0.2) is 13.4 Å². The monoisotopic (exact) mass is 455 g/mol. The number of nitriles is 1. The molecular formula is C18H12F3N3O4S2. The van der Waals surface area contributed by atoms with Crippen molar-refractivity contribution in [1.82, 2.24) is 4.98 Å². The molecule has 12 heteroatoms. The van der Waals surface area contributed by atoms with Crippen LogP contribution in [-0.2, 0) is 20.4 Å². The summed E-state index contributed by atoms with van der Waals surface area (Å²) in [5.74, 6) is -2.44. The van der Waals surface area contributed by atoms with Crippen LogP contribution in [0.1, 0.15) is 11.1 Å². The fraction of sp³-hybridized carbons (Fsp3) is 0.167. The van der Waals surface area contributed by atoms with Crippen LogP contribution in [0.5, 0.6) is 5.75 Å². The summed E-state index contributed by atoms with van der Waals surface area (Å²) < 4.78 is 65.6. The van der Waals surface area contributed by atoms with Crippen molar-refractivity contribution in [2.45, 2.75) is 12.1 Å². The zero-order chi connectivity index (χ0) is 21.9. The topological polar surface area (TPSA) is 109 Å². The molecule has 0 saturated carbocycles. The molecule has 156 valence electrons. The van der Waals surface area contributed by atoms with Crippen molar-refractivity contribution in [3.05, 3.63) is 53.6 Å². The lowest BCUT2D eigenvalue weighted by molar-refractivity contribution is -0.274. The molecule has 1 amide bonds. The van der Waals surface area contributed by atoms with E-state index in [-0.39, 0.29) is 10.9 Å². The van der Waals surface area contributed by atoms with E-state index in [1.165, 1.54) is 30.3 Å². The van der Waals surface area contributed by atoms with Gasteiger partial charge in [0.05, 0.1) is 27.6 Å². The average molecular weight is 455 g/mol. The van der Waals surface area contributed by atoms with Crippen LogP contribution in [0, 0.1) is 11.3 Å². The maximum absolute atomic E-state index is 12.3. The van der Waals surface area contributed by atoms with Crippen LogP contribution < -0.4 is 10.1 Å². The van der Waals surface area contributed by atoms with E-state index in [0.29, 0.717) is 21.3 Å². The first-order chi connectivity index (χ1) is 14.0. The summed E-state index contributed by atoms with van der Waals surface area (Å²) in [7, 11) is -3.79. The second-order valence-electron chi connectivity index (χ2n) is 6.09. The van der Waals surface area contributed by atoms with Crippen LogP contribution >= 0.6 is 11.3 Å². The lowest BCUT2D eigenvalue weighted by atomic mass is 10.2. The minimum absolute atomic E-state index is 0.0488. The number of hydrogen-bond donors (Lipinski definition) is 1. The van der Waals surface area contributed by atoms with Gasteiger partial charge in [-0.2, -0.15) is 5.26 Å². The van der Waals surface area contributed by atoms with Crippen molar-refractivity contribution in [3.63, 3.8) is 0 Å². The number of rotatable bonds is 6. The number of amides is 1. The number of halogens is 3. The van der Waals surface area contributed by atoms with E-state index in [1.54, 1.807) is 0 Å². The molecule has 3 aromatic rings. The molecule has 1 aromatic heterocycles. The lowest BCUT2D eigenvalue weighted by Crippen LogP contribution is -2.23. The number of hydrogen-bond acceptors (Lipinski definition) is 7. The molecule has 3 rings (SSSR count). The molecule has 0 spiro atoms. The first-order valence-corrected chi connectivity index (χ1v) is 10.8. The first-order valence-electron chi connectivity index (χ1n) is 8.19. The lowest BCUT2D eigenvalue weighted by Gasteiger charge is -2.07. The summed E-state index contributed by atoms with van der Waals surface area (Å²) in [4.78, 5) is 16.2. The molecule has 0 aliphatic rings. The molecule has 0 saturated heterocycles. The Morgan fingerprint density at radius 2 is 1.90 bits per heavy atom. The van der Waals surface area contributed by atoms with Crippen LogP contribution in [-0.4, -0.2) is 31.4 Å². The van der Waals surface area contributed by atoms with Gasteiger partial charge in [0.15, 0.2) is 15.0 Å². The third-order valence-corrected chi connectivity index (χ3v) is 6.07. The predicted octanol–water partition coefficient (Wildman–Crippen LogP) is 3.62. The smallest absolute Gasteiger partial charge is 0.406 e. The number of alkyl halides is 3. The minimum atomic E-state index is -4.83. The van der Waals surface area contributed by atoms with E-state index in [0.717, 1.165) is 23.5 Å². The second kappa shape index (κ2) is 8.29. The summed E-state index contributed by atoms with van der Waals surface area (Å²) in [6, 6.07) is 11.4. The fourth-order valence-electron chi connectivity index (χ4n) is 2.49. The molecule has 0 aliphatic carbocycles. The molecule has 30 heavy (non-hydrogen) atoms. The maximum atomic E-state index is 12.3. The Kier molecular flexibility index (Phi) is 5.95. The van der Waals surface area contributed by atoms with Gasteiger partial charge in [-0.05, 0) is 29.8 Å². The summed E-state index contributed by atoms with van der Waals surface area (Å²) in [6.07, 6.45) is -4.83. The van der Waals surface area contributed by atoms with Crippen molar-refractivity contribution < 1.29 is 31.1 Å². The highest BCUT2D eigenvalue weighted by Crippen LogP contribution is 2.31. The van der Waals surface area contributed by atoms with Gasteiger partial charge < -0.3 is 10.1 Å². The quantitative estimate of drug-likeness (QED) is 0.608. The Balaban J connectivity index is 1.66. The van der Waals surface area contributed by atoms with Gasteiger partial charge >= 0.3 is 6.36 Å². The Bertz CT molecular complexity index is 1230.